The van der Waals surface area contributed by atoms with Gasteiger partial charge in [0.15, 0.2) is 0 Å². The molecule has 1 amide bonds. The predicted molar refractivity (Wildman–Crippen MR) is 81.1 cm³/mol. The molecule has 0 saturated heterocycles. The lowest BCUT2D eigenvalue weighted by Gasteiger charge is -2.06. The van der Waals surface area contributed by atoms with Crippen LogP contribution in [0.2, 0.25) is 0 Å². The van der Waals surface area contributed by atoms with Gasteiger partial charge in [-0.1, -0.05) is 19.1 Å². The molecule has 112 valence electrons. The monoisotopic (exact) mass is 298 g/mol. The van der Waals surface area contributed by atoms with E-state index in [0.29, 0.717) is 18.7 Å². The summed E-state index contributed by atoms with van der Waals surface area (Å²) in [6, 6.07) is 7.26. The van der Waals surface area contributed by atoms with E-state index >= 15 is 0 Å². The molecule has 0 bridgehead atoms. The van der Waals surface area contributed by atoms with Crippen molar-refractivity contribution in [1.82, 2.24) is 5.32 Å². The van der Waals surface area contributed by atoms with Gasteiger partial charge >= 0.3 is 0 Å². The summed E-state index contributed by atoms with van der Waals surface area (Å²) in [5.41, 5.74) is 1.68. The predicted octanol–water partition coefficient (Wildman–Crippen LogP) is 1.91. The maximum absolute atomic E-state index is 11.3. The molecule has 1 aromatic rings. The van der Waals surface area contributed by atoms with E-state index in [1.54, 1.807) is 12.1 Å². The molecule has 0 heterocycles. The third-order valence-electron chi connectivity index (χ3n) is 2.70. The highest BCUT2D eigenvalue weighted by atomic mass is 32.2. The smallest absolute Gasteiger partial charge is 0.229 e. The topological polar surface area (TPSA) is 75.3 Å². The second-order valence-corrected chi connectivity index (χ2v) is 6.52. The minimum Gasteiger partial charge on any atom is -0.356 e. The molecular weight excluding hydrogens is 276 g/mol. The van der Waals surface area contributed by atoms with E-state index < -0.39 is 10.0 Å². The fourth-order valence-electron chi connectivity index (χ4n) is 1.79. The van der Waals surface area contributed by atoms with Crippen LogP contribution in [-0.2, 0) is 21.2 Å². The van der Waals surface area contributed by atoms with Crippen LogP contribution in [0.1, 0.15) is 31.7 Å². The molecule has 6 heteroatoms. The summed E-state index contributed by atoms with van der Waals surface area (Å²) in [6.07, 6.45) is 4.28. The highest BCUT2D eigenvalue weighted by Crippen LogP contribution is 2.12. The number of aryl methyl sites for hydroxylation is 1. The van der Waals surface area contributed by atoms with Crippen molar-refractivity contribution in [1.29, 1.82) is 0 Å². The minimum atomic E-state index is -3.22. The van der Waals surface area contributed by atoms with Crippen molar-refractivity contribution < 1.29 is 13.2 Å². The van der Waals surface area contributed by atoms with Crippen LogP contribution in [-0.4, -0.2) is 27.1 Å². The van der Waals surface area contributed by atoms with Crippen molar-refractivity contribution >= 4 is 21.6 Å². The second kappa shape index (κ2) is 7.89. The van der Waals surface area contributed by atoms with Crippen molar-refractivity contribution in [3.8, 4) is 0 Å². The van der Waals surface area contributed by atoms with Crippen LogP contribution in [0.4, 0.5) is 5.69 Å². The van der Waals surface area contributed by atoms with Gasteiger partial charge in [0.25, 0.3) is 0 Å². The fraction of sp³-hybridized carbons (Fsp3) is 0.500. The lowest BCUT2D eigenvalue weighted by Crippen LogP contribution is -2.24. The van der Waals surface area contributed by atoms with Gasteiger partial charge in [0.2, 0.25) is 15.9 Å². The lowest BCUT2D eigenvalue weighted by atomic mass is 10.1. The normalized spacial score (nSPS) is 11.1. The molecule has 0 aliphatic carbocycles. The van der Waals surface area contributed by atoms with Crippen LogP contribution in [0.5, 0.6) is 0 Å². The summed E-state index contributed by atoms with van der Waals surface area (Å²) in [5.74, 6) is 0.0974. The zero-order valence-electron chi connectivity index (χ0n) is 12.0. The number of amides is 1. The number of benzene rings is 1. The highest BCUT2D eigenvalue weighted by molar-refractivity contribution is 7.92. The number of hydrogen-bond donors (Lipinski definition) is 2. The molecule has 1 aromatic carbocycles. The first-order valence-corrected chi connectivity index (χ1v) is 8.63. The molecule has 0 aliphatic heterocycles. The van der Waals surface area contributed by atoms with Crippen molar-refractivity contribution in [3.63, 3.8) is 0 Å². The van der Waals surface area contributed by atoms with Crippen LogP contribution >= 0.6 is 0 Å². The summed E-state index contributed by atoms with van der Waals surface area (Å²) < 4.78 is 24.5. The molecule has 0 aromatic heterocycles. The minimum absolute atomic E-state index is 0.0974. The Balaban J connectivity index is 2.33. The van der Waals surface area contributed by atoms with Crippen LogP contribution in [0.25, 0.3) is 0 Å². The number of carbonyl (C=O) groups is 1. The Morgan fingerprint density at radius 1 is 1.20 bits per heavy atom. The molecule has 0 saturated carbocycles. The Hall–Kier alpha value is -1.56. The van der Waals surface area contributed by atoms with E-state index in [0.717, 1.165) is 31.1 Å². The molecule has 0 aliphatic rings. The van der Waals surface area contributed by atoms with E-state index in [-0.39, 0.29) is 5.91 Å². The summed E-state index contributed by atoms with van der Waals surface area (Å²) >= 11 is 0. The van der Waals surface area contributed by atoms with Gasteiger partial charge in [0.1, 0.15) is 0 Å². The zero-order valence-corrected chi connectivity index (χ0v) is 12.8. The first kappa shape index (κ1) is 16.5. The molecular formula is C14H22N2O3S. The SMILES string of the molecule is CCCC(=O)NCCCc1ccc(NS(C)(=O)=O)cc1. The maximum atomic E-state index is 11.3. The van der Waals surface area contributed by atoms with Crippen molar-refractivity contribution in [2.75, 3.05) is 17.5 Å². The van der Waals surface area contributed by atoms with Crippen molar-refractivity contribution in [2.24, 2.45) is 0 Å². The second-order valence-electron chi connectivity index (χ2n) is 4.77. The Bertz CT molecular complexity index is 524. The molecule has 0 radical (unpaired) electrons. The lowest BCUT2D eigenvalue weighted by molar-refractivity contribution is -0.121. The van der Waals surface area contributed by atoms with Crippen LogP contribution in [0.15, 0.2) is 24.3 Å². The summed E-state index contributed by atoms with van der Waals surface area (Å²) in [7, 11) is -3.22. The number of rotatable bonds is 8. The molecule has 5 nitrogen and oxygen atoms in total. The van der Waals surface area contributed by atoms with Gasteiger partial charge in [0.05, 0.1) is 6.26 Å². The average Bonchev–Trinajstić information content (AvgIpc) is 2.35. The highest BCUT2D eigenvalue weighted by Gasteiger charge is 2.02. The Morgan fingerprint density at radius 2 is 1.85 bits per heavy atom. The van der Waals surface area contributed by atoms with Crippen LogP contribution < -0.4 is 10.0 Å². The molecule has 20 heavy (non-hydrogen) atoms. The van der Waals surface area contributed by atoms with Gasteiger partial charge in [-0.25, -0.2) is 8.42 Å². The molecule has 0 spiro atoms. The molecule has 0 fully saturated rings. The van der Waals surface area contributed by atoms with Crippen molar-refractivity contribution in [3.05, 3.63) is 29.8 Å². The molecule has 0 unspecified atom stereocenters. The first-order valence-electron chi connectivity index (χ1n) is 6.74. The van der Waals surface area contributed by atoms with E-state index in [2.05, 4.69) is 10.0 Å². The fourth-order valence-corrected chi connectivity index (χ4v) is 2.35. The largest absolute Gasteiger partial charge is 0.356 e. The number of anilines is 1. The molecule has 2 N–H and O–H groups in total. The van der Waals surface area contributed by atoms with Gasteiger partial charge in [-0.05, 0) is 37.0 Å². The van der Waals surface area contributed by atoms with Gasteiger partial charge in [0, 0.05) is 18.7 Å². The number of nitrogens with one attached hydrogen (secondary N) is 2. The van der Waals surface area contributed by atoms with E-state index in [1.165, 1.54) is 0 Å². The average molecular weight is 298 g/mol. The standard InChI is InChI=1S/C14H22N2O3S/c1-3-5-14(17)15-11-4-6-12-7-9-13(10-8-12)16-20(2,18)19/h7-10,16H,3-6,11H2,1-2H3,(H,15,17). The number of carbonyl (C=O) groups excluding carboxylic acids is 1. The van der Waals surface area contributed by atoms with E-state index in [4.69, 9.17) is 0 Å². The van der Waals surface area contributed by atoms with E-state index in [1.807, 2.05) is 19.1 Å². The van der Waals surface area contributed by atoms with Crippen molar-refractivity contribution in [2.45, 2.75) is 32.6 Å². The Kier molecular flexibility index (Phi) is 6.51. The molecule has 0 atom stereocenters. The quantitative estimate of drug-likeness (QED) is 0.720. The Morgan fingerprint density at radius 3 is 2.40 bits per heavy atom. The summed E-state index contributed by atoms with van der Waals surface area (Å²) in [6.45, 7) is 2.65. The first-order chi connectivity index (χ1) is 9.40. The van der Waals surface area contributed by atoms with E-state index in [9.17, 15) is 13.2 Å². The molecule has 1 rings (SSSR count). The summed E-state index contributed by atoms with van der Waals surface area (Å²) in [4.78, 5) is 11.3. The Labute approximate surface area is 120 Å². The summed E-state index contributed by atoms with van der Waals surface area (Å²) in [5, 5.41) is 2.87. The third kappa shape index (κ3) is 7.13. The van der Waals surface area contributed by atoms with Crippen LogP contribution in [0.3, 0.4) is 0 Å². The van der Waals surface area contributed by atoms with Crippen LogP contribution in [0, 0.1) is 0 Å². The van der Waals surface area contributed by atoms with Gasteiger partial charge in [-0.15, -0.1) is 0 Å². The van der Waals surface area contributed by atoms with Gasteiger partial charge < -0.3 is 5.32 Å². The number of sulfonamides is 1. The van der Waals surface area contributed by atoms with Gasteiger partial charge in [-0.2, -0.15) is 0 Å². The zero-order chi connectivity index (χ0) is 15.0. The number of hydrogen-bond acceptors (Lipinski definition) is 3. The third-order valence-corrected chi connectivity index (χ3v) is 3.31. The van der Waals surface area contributed by atoms with Gasteiger partial charge in [-0.3, -0.25) is 9.52 Å². The maximum Gasteiger partial charge on any atom is 0.229 e.